The lowest BCUT2D eigenvalue weighted by atomic mass is 9.95. The van der Waals surface area contributed by atoms with Crippen molar-refractivity contribution in [1.29, 1.82) is 0 Å². The molecule has 0 radical (unpaired) electrons. The molecule has 0 aromatic heterocycles. The minimum atomic E-state index is -0.255. The van der Waals surface area contributed by atoms with Gasteiger partial charge in [0.15, 0.2) is 0 Å². The third-order valence-corrected chi connectivity index (χ3v) is 5.02. The quantitative estimate of drug-likeness (QED) is 0.782. The topological polar surface area (TPSA) is 69.8 Å². The summed E-state index contributed by atoms with van der Waals surface area (Å²) < 4.78 is 0. The molecule has 2 aliphatic rings. The molecule has 1 heterocycles. The molecule has 1 saturated carbocycles. The number of nitrogens with zero attached hydrogens (tertiary/aromatic N) is 2. The van der Waals surface area contributed by atoms with E-state index in [-0.39, 0.29) is 24.0 Å². The van der Waals surface area contributed by atoms with Gasteiger partial charge < -0.3 is 20.6 Å². The number of hydrogen-bond donors (Lipinski definition) is 2. The van der Waals surface area contributed by atoms with Gasteiger partial charge in [0.1, 0.15) is 0 Å². The number of rotatable bonds is 5. The standard InChI is InChI=1S/C16H31N3O2/c1-12(20)10-19-8-6-13(7-9-19)11-18(2)16(21)14-4-3-5-15(14)17/h12-15,20H,3-11,17H2,1-2H3. The lowest BCUT2D eigenvalue weighted by Gasteiger charge is -2.35. The smallest absolute Gasteiger partial charge is 0.226 e. The molecule has 0 aromatic carbocycles. The van der Waals surface area contributed by atoms with E-state index in [4.69, 9.17) is 5.73 Å². The van der Waals surface area contributed by atoms with Crippen LogP contribution in [0.2, 0.25) is 0 Å². The van der Waals surface area contributed by atoms with E-state index in [1.165, 1.54) is 0 Å². The molecule has 5 nitrogen and oxygen atoms in total. The first-order valence-corrected chi connectivity index (χ1v) is 8.38. The normalized spacial score (nSPS) is 29.5. The predicted molar refractivity (Wildman–Crippen MR) is 83.8 cm³/mol. The largest absolute Gasteiger partial charge is 0.392 e. The maximum atomic E-state index is 12.4. The lowest BCUT2D eigenvalue weighted by Crippen LogP contribution is -2.44. The van der Waals surface area contributed by atoms with Gasteiger partial charge in [-0.15, -0.1) is 0 Å². The van der Waals surface area contributed by atoms with Crippen LogP contribution < -0.4 is 5.73 Å². The van der Waals surface area contributed by atoms with Crippen molar-refractivity contribution in [3.05, 3.63) is 0 Å². The highest BCUT2D eigenvalue weighted by molar-refractivity contribution is 5.79. The maximum Gasteiger partial charge on any atom is 0.226 e. The molecule has 5 heteroatoms. The summed E-state index contributed by atoms with van der Waals surface area (Å²) in [6.07, 6.45) is 5.00. The van der Waals surface area contributed by atoms with E-state index in [2.05, 4.69) is 4.90 Å². The summed E-state index contributed by atoms with van der Waals surface area (Å²) in [6, 6.07) is 0.0628. The van der Waals surface area contributed by atoms with Gasteiger partial charge in [-0.05, 0) is 51.6 Å². The van der Waals surface area contributed by atoms with Crippen LogP contribution in [0, 0.1) is 11.8 Å². The Morgan fingerprint density at radius 1 is 1.33 bits per heavy atom. The highest BCUT2D eigenvalue weighted by Crippen LogP contribution is 2.26. The average Bonchev–Trinajstić information content (AvgIpc) is 2.85. The first-order valence-electron chi connectivity index (χ1n) is 8.38. The molecular formula is C16H31N3O2. The Morgan fingerprint density at radius 2 is 2.00 bits per heavy atom. The highest BCUT2D eigenvalue weighted by Gasteiger charge is 2.33. The van der Waals surface area contributed by atoms with Crippen LogP contribution in [0.25, 0.3) is 0 Å². The summed E-state index contributed by atoms with van der Waals surface area (Å²) in [6.45, 7) is 5.51. The van der Waals surface area contributed by atoms with Crippen molar-refractivity contribution < 1.29 is 9.90 Å². The first-order chi connectivity index (χ1) is 9.97. The van der Waals surface area contributed by atoms with E-state index in [9.17, 15) is 9.90 Å². The Balaban J connectivity index is 1.74. The molecule has 3 atom stereocenters. The van der Waals surface area contributed by atoms with Gasteiger partial charge in [0, 0.05) is 26.2 Å². The molecule has 21 heavy (non-hydrogen) atoms. The van der Waals surface area contributed by atoms with Crippen LogP contribution in [0.1, 0.15) is 39.0 Å². The number of hydrogen-bond acceptors (Lipinski definition) is 4. The molecule has 0 bridgehead atoms. The Hall–Kier alpha value is -0.650. The molecule has 2 fully saturated rings. The fraction of sp³-hybridized carbons (Fsp3) is 0.938. The van der Waals surface area contributed by atoms with Crippen LogP contribution in [-0.2, 0) is 4.79 Å². The summed E-state index contributed by atoms with van der Waals surface area (Å²) in [4.78, 5) is 16.7. The zero-order chi connectivity index (χ0) is 15.4. The second-order valence-corrected chi connectivity index (χ2v) is 7.01. The van der Waals surface area contributed by atoms with Crippen LogP contribution in [0.15, 0.2) is 0 Å². The number of nitrogens with two attached hydrogens (primary N) is 1. The van der Waals surface area contributed by atoms with Gasteiger partial charge in [0.25, 0.3) is 0 Å². The van der Waals surface area contributed by atoms with E-state index in [0.717, 1.165) is 58.3 Å². The Morgan fingerprint density at radius 3 is 2.52 bits per heavy atom. The van der Waals surface area contributed by atoms with Crippen molar-refractivity contribution in [3.63, 3.8) is 0 Å². The van der Waals surface area contributed by atoms with Gasteiger partial charge in [0.05, 0.1) is 12.0 Å². The number of β-amino-alcohol motifs (C(OH)–C–C–N with tert-alkyl or cyclic N) is 1. The van der Waals surface area contributed by atoms with Gasteiger partial charge in [-0.1, -0.05) is 6.42 Å². The van der Waals surface area contributed by atoms with Crippen molar-refractivity contribution in [2.45, 2.75) is 51.2 Å². The molecule has 1 saturated heterocycles. The van der Waals surface area contributed by atoms with Crippen LogP contribution in [0.4, 0.5) is 0 Å². The number of piperidine rings is 1. The number of carbonyl (C=O) groups excluding carboxylic acids is 1. The van der Waals surface area contributed by atoms with Gasteiger partial charge in [0.2, 0.25) is 5.91 Å². The molecule has 3 N–H and O–H groups in total. The summed E-state index contributed by atoms with van der Waals surface area (Å²) >= 11 is 0. The number of aliphatic hydroxyl groups excluding tert-OH is 1. The number of carbonyl (C=O) groups is 1. The van der Waals surface area contributed by atoms with Crippen molar-refractivity contribution in [2.24, 2.45) is 17.6 Å². The Bertz CT molecular complexity index is 340. The minimum absolute atomic E-state index is 0.0466. The van der Waals surface area contributed by atoms with Crippen LogP contribution in [0.3, 0.4) is 0 Å². The minimum Gasteiger partial charge on any atom is -0.392 e. The molecule has 3 unspecified atom stereocenters. The summed E-state index contributed by atoms with van der Waals surface area (Å²) in [7, 11) is 1.93. The molecule has 1 aliphatic heterocycles. The van der Waals surface area contributed by atoms with Crippen molar-refractivity contribution in [3.8, 4) is 0 Å². The van der Waals surface area contributed by atoms with Gasteiger partial charge in [-0.2, -0.15) is 0 Å². The summed E-state index contributed by atoms with van der Waals surface area (Å²) in [5.41, 5.74) is 6.04. The second kappa shape index (κ2) is 7.56. The second-order valence-electron chi connectivity index (χ2n) is 7.01. The maximum absolute atomic E-state index is 12.4. The van der Waals surface area contributed by atoms with Crippen molar-refractivity contribution in [1.82, 2.24) is 9.80 Å². The van der Waals surface area contributed by atoms with E-state index in [0.29, 0.717) is 5.92 Å². The third kappa shape index (κ3) is 4.66. The van der Waals surface area contributed by atoms with E-state index in [1.807, 2.05) is 18.9 Å². The molecule has 1 amide bonds. The summed E-state index contributed by atoms with van der Waals surface area (Å²) in [5, 5.41) is 9.43. The van der Waals surface area contributed by atoms with E-state index < -0.39 is 0 Å². The molecule has 122 valence electrons. The SMILES string of the molecule is CC(O)CN1CCC(CN(C)C(=O)C2CCCC2N)CC1. The van der Waals surface area contributed by atoms with Gasteiger partial charge >= 0.3 is 0 Å². The lowest BCUT2D eigenvalue weighted by molar-refractivity contribution is -0.135. The number of likely N-dealkylation sites (tertiary alicyclic amines) is 1. The molecule has 1 aliphatic carbocycles. The molecule has 0 spiro atoms. The third-order valence-electron chi connectivity index (χ3n) is 5.02. The first kappa shape index (κ1) is 16.7. The van der Waals surface area contributed by atoms with Gasteiger partial charge in [-0.3, -0.25) is 4.79 Å². The van der Waals surface area contributed by atoms with Crippen LogP contribution in [0.5, 0.6) is 0 Å². The average molecular weight is 297 g/mol. The molecule has 2 rings (SSSR count). The van der Waals surface area contributed by atoms with Crippen LogP contribution >= 0.6 is 0 Å². The Labute approximate surface area is 128 Å². The summed E-state index contributed by atoms with van der Waals surface area (Å²) in [5.74, 6) is 0.874. The van der Waals surface area contributed by atoms with Crippen molar-refractivity contribution >= 4 is 5.91 Å². The molecule has 0 aromatic rings. The fourth-order valence-electron chi connectivity index (χ4n) is 3.78. The van der Waals surface area contributed by atoms with Crippen LogP contribution in [-0.4, -0.2) is 66.2 Å². The number of aliphatic hydroxyl groups is 1. The van der Waals surface area contributed by atoms with E-state index >= 15 is 0 Å². The van der Waals surface area contributed by atoms with Crippen molar-refractivity contribution in [2.75, 3.05) is 33.2 Å². The molecular weight excluding hydrogens is 266 g/mol. The monoisotopic (exact) mass is 297 g/mol. The predicted octanol–water partition coefficient (Wildman–Crippen LogP) is 0.665. The van der Waals surface area contributed by atoms with Gasteiger partial charge in [-0.25, -0.2) is 0 Å². The zero-order valence-corrected chi connectivity index (χ0v) is 13.5. The van der Waals surface area contributed by atoms with E-state index in [1.54, 1.807) is 0 Å². The fourth-order valence-corrected chi connectivity index (χ4v) is 3.78. The number of amides is 1. The zero-order valence-electron chi connectivity index (χ0n) is 13.5. The highest BCUT2D eigenvalue weighted by atomic mass is 16.3. The Kier molecular flexibility index (Phi) is 6.02.